The van der Waals surface area contributed by atoms with Gasteiger partial charge in [-0.3, -0.25) is 0 Å². The third-order valence-electron chi connectivity index (χ3n) is 2.91. The van der Waals surface area contributed by atoms with Crippen molar-refractivity contribution in [2.45, 2.75) is 19.9 Å². The van der Waals surface area contributed by atoms with E-state index in [1.165, 1.54) is 0 Å². The number of nitrogens with zero attached hydrogens (tertiary/aromatic N) is 1. The summed E-state index contributed by atoms with van der Waals surface area (Å²) >= 11 is 3.47. The summed E-state index contributed by atoms with van der Waals surface area (Å²) in [4.78, 5) is 4.24. The number of benzene rings is 1. The normalized spacial score (nSPS) is 10.4. The molecule has 1 aromatic carbocycles. The lowest BCUT2D eigenvalue weighted by molar-refractivity contribution is 0.411. The third-order valence-corrected chi connectivity index (χ3v) is 3.53. The fraction of sp³-hybridized carbons (Fsp3) is 0.312. The largest absolute Gasteiger partial charge is 0.497 e. The Hall–Kier alpha value is -1.59. The van der Waals surface area contributed by atoms with Crippen LogP contribution in [0.15, 0.2) is 41.0 Å². The summed E-state index contributed by atoms with van der Waals surface area (Å²) in [7, 11) is 1.64. The number of nitrogens with one attached hydrogen (secondary N) is 1. The van der Waals surface area contributed by atoms with E-state index in [-0.39, 0.29) is 0 Å². The summed E-state index contributed by atoms with van der Waals surface area (Å²) in [5.41, 5.74) is 1.15. The SMILES string of the molecule is CCCNCc1ccnc(Oc2ccc(OC)cc2Br)c1. The minimum Gasteiger partial charge on any atom is -0.497 e. The molecule has 0 saturated heterocycles. The molecule has 0 bridgehead atoms. The maximum absolute atomic E-state index is 5.81. The first-order valence-corrected chi connectivity index (χ1v) is 7.69. The lowest BCUT2D eigenvalue weighted by Gasteiger charge is -2.09. The second-order valence-electron chi connectivity index (χ2n) is 4.58. The van der Waals surface area contributed by atoms with Gasteiger partial charge in [0.15, 0.2) is 0 Å². The van der Waals surface area contributed by atoms with E-state index in [1.807, 2.05) is 30.3 Å². The van der Waals surface area contributed by atoms with Crippen LogP contribution < -0.4 is 14.8 Å². The van der Waals surface area contributed by atoms with Gasteiger partial charge >= 0.3 is 0 Å². The summed E-state index contributed by atoms with van der Waals surface area (Å²) in [6.07, 6.45) is 2.88. The summed E-state index contributed by atoms with van der Waals surface area (Å²) in [6.45, 7) is 3.97. The number of rotatable bonds is 7. The van der Waals surface area contributed by atoms with Crippen LogP contribution in [0, 0.1) is 0 Å². The van der Waals surface area contributed by atoms with Gasteiger partial charge in [-0.2, -0.15) is 0 Å². The van der Waals surface area contributed by atoms with Gasteiger partial charge in [0.1, 0.15) is 11.5 Å². The summed E-state index contributed by atoms with van der Waals surface area (Å²) in [5.74, 6) is 2.07. The van der Waals surface area contributed by atoms with Crippen molar-refractivity contribution in [3.05, 3.63) is 46.6 Å². The quantitative estimate of drug-likeness (QED) is 0.762. The molecule has 1 heterocycles. The predicted molar refractivity (Wildman–Crippen MR) is 87.0 cm³/mol. The van der Waals surface area contributed by atoms with Gasteiger partial charge in [0.2, 0.25) is 5.88 Å². The number of ether oxygens (including phenoxy) is 2. The van der Waals surface area contributed by atoms with Crippen molar-refractivity contribution < 1.29 is 9.47 Å². The maximum Gasteiger partial charge on any atom is 0.219 e. The molecule has 1 N–H and O–H groups in total. The zero-order valence-corrected chi connectivity index (χ0v) is 13.8. The fourth-order valence-electron chi connectivity index (χ4n) is 1.83. The smallest absolute Gasteiger partial charge is 0.219 e. The molecule has 0 aliphatic carbocycles. The van der Waals surface area contributed by atoms with Crippen LogP contribution in [-0.2, 0) is 6.54 Å². The highest BCUT2D eigenvalue weighted by atomic mass is 79.9. The molecule has 0 unspecified atom stereocenters. The molecule has 0 atom stereocenters. The molecule has 5 heteroatoms. The van der Waals surface area contributed by atoms with E-state index >= 15 is 0 Å². The van der Waals surface area contributed by atoms with Gasteiger partial charge in [0.05, 0.1) is 11.6 Å². The van der Waals surface area contributed by atoms with Crippen LogP contribution in [-0.4, -0.2) is 18.6 Å². The third kappa shape index (κ3) is 4.72. The van der Waals surface area contributed by atoms with Crippen molar-refractivity contribution in [3.8, 4) is 17.4 Å². The minimum absolute atomic E-state index is 0.580. The molecule has 2 rings (SSSR count). The van der Waals surface area contributed by atoms with E-state index in [0.29, 0.717) is 11.6 Å². The number of hydrogen-bond acceptors (Lipinski definition) is 4. The molecule has 1 aromatic heterocycles. The molecular formula is C16H19BrN2O2. The van der Waals surface area contributed by atoms with E-state index < -0.39 is 0 Å². The molecule has 0 fully saturated rings. The van der Waals surface area contributed by atoms with Crippen LogP contribution in [0.5, 0.6) is 17.4 Å². The van der Waals surface area contributed by atoms with Crippen LogP contribution >= 0.6 is 15.9 Å². The Morgan fingerprint density at radius 2 is 2.10 bits per heavy atom. The van der Waals surface area contributed by atoms with Crippen LogP contribution in [0.2, 0.25) is 0 Å². The molecule has 0 radical (unpaired) electrons. The molecule has 2 aromatic rings. The van der Waals surface area contributed by atoms with Gasteiger partial charge in [0.25, 0.3) is 0 Å². The Morgan fingerprint density at radius 1 is 1.24 bits per heavy atom. The molecular weight excluding hydrogens is 332 g/mol. The Bertz CT molecular complexity index is 590. The second kappa shape index (κ2) is 8.00. The molecule has 0 saturated carbocycles. The number of halogens is 1. The number of pyridine rings is 1. The first kappa shape index (κ1) is 15.8. The standard InChI is InChI=1S/C16H19BrN2O2/c1-3-7-18-11-12-6-8-19-16(9-12)21-15-5-4-13(20-2)10-14(15)17/h4-6,8-10,18H,3,7,11H2,1-2H3. The average molecular weight is 351 g/mol. The zero-order chi connectivity index (χ0) is 15.1. The van der Waals surface area contributed by atoms with Crippen LogP contribution in [0.1, 0.15) is 18.9 Å². The monoisotopic (exact) mass is 350 g/mol. The molecule has 0 aliphatic heterocycles. The zero-order valence-electron chi connectivity index (χ0n) is 12.2. The molecule has 0 spiro atoms. The van der Waals surface area contributed by atoms with Crippen molar-refractivity contribution in [2.75, 3.05) is 13.7 Å². The Kier molecular flexibility index (Phi) is 6.02. The van der Waals surface area contributed by atoms with Crippen molar-refractivity contribution in [3.63, 3.8) is 0 Å². The van der Waals surface area contributed by atoms with Gasteiger partial charge < -0.3 is 14.8 Å². The predicted octanol–water partition coefficient (Wildman–Crippen LogP) is 4.14. The topological polar surface area (TPSA) is 43.4 Å². The van der Waals surface area contributed by atoms with Crippen LogP contribution in [0.4, 0.5) is 0 Å². The van der Waals surface area contributed by atoms with Crippen molar-refractivity contribution >= 4 is 15.9 Å². The lowest BCUT2D eigenvalue weighted by Crippen LogP contribution is -2.13. The maximum atomic E-state index is 5.81. The minimum atomic E-state index is 0.580. The number of aromatic nitrogens is 1. The van der Waals surface area contributed by atoms with E-state index in [4.69, 9.17) is 9.47 Å². The van der Waals surface area contributed by atoms with Crippen LogP contribution in [0.3, 0.4) is 0 Å². The van der Waals surface area contributed by atoms with E-state index in [0.717, 1.165) is 35.3 Å². The molecule has 21 heavy (non-hydrogen) atoms. The molecule has 4 nitrogen and oxygen atoms in total. The van der Waals surface area contributed by atoms with E-state index in [1.54, 1.807) is 13.3 Å². The average Bonchev–Trinajstić information content (AvgIpc) is 2.50. The summed E-state index contributed by atoms with van der Waals surface area (Å²) < 4.78 is 11.8. The number of hydrogen-bond donors (Lipinski definition) is 1. The van der Waals surface area contributed by atoms with Gasteiger partial charge in [-0.25, -0.2) is 4.98 Å². The van der Waals surface area contributed by atoms with E-state index in [9.17, 15) is 0 Å². The van der Waals surface area contributed by atoms with E-state index in [2.05, 4.69) is 33.2 Å². The Labute approximate surface area is 133 Å². The first-order chi connectivity index (χ1) is 10.2. The van der Waals surface area contributed by atoms with Crippen molar-refractivity contribution in [1.29, 1.82) is 0 Å². The second-order valence-corrected chi connectivity index (χ2v) is 5.43. The Balaban J connectivity index is 2.07. The Morgan fingerprint density at radius 3 is 2.81 bits per heavy atom. The van der Waals surface area contributed by atoms with Crippen molar-refractivity contribution in [1.82, 2.24) is 10.3 Å². The van der Waals surface area contributed by atoms with Gasteiger partial charge in [0, 0.05) is 18.8 Å². The highest BCUT2D eigenvalue weighted by molar-refractivity contribution is 9.10. The van der Waals surface area contributed by atoms with Crippen molar-refractivity contribution in [2.24, 2.45) is 0 Å². The van der Waals surface area contributed by atoms with Gasteiger partial charge in [-0.1, -0.05) is 6.92 Å². The van der Waals surface area contributed by atoms with Crippen LogP contribution in [0.25, 0.3) is 0 Å². The first-order valence-electron chi connectivity index (χ1n) is 6.90. The molecule has 0 amide bonds. The fourth-order valence-corrected chi connectivity index (χ4v) is 2.27. The summed E-state index contributed by atoms with van der Waals surface area (Å²) in [6, 6.07) is 9.50. The highest BCUT2D eigenvalue weighted by Crippen LogP contribution is 2.32. The van der Waals surface area contributed by atoms with Gasteiger partial charge in [-0.05, 0) is 58.7 Å². The molecule has 112 valence electrons. The summed E-state index contributed by atoms with van der Waals surface area (Å²) in [5, 5.41) is 3.36. The lowest BCUT2D eigenvalue weighted by atomic mass is 10.2. The van der Waals surface area contributed by atoms with Gasteiger partial charge in [-0.15, -0.1) is 0 Å². The highest BCUT2D eigenvalue weighted by Gasteiger charge is 2.06. The molecule has 0 aliphatic rings. The number of methoxy groups -OCH3 is 1.